The van der Waals surface area contributed by atoms with Gasteiger partial charge < -0.3 is 54.8 Å². The van der Waals surface area contributed by atoms with Crippen molar-refractivity contribution in [1.82, 2.24) is 16.0 Å². The van der Waals surface area contributed by atoms with E-state index in [0.29, 0.717) is 6.42 Å². The van der Waals surface area contributed by atoms with Crippen molar-refractivity contribution < 1.29 is 43.8 Å². The number of amides is 5. The first-order valence-corrected chi connectivity index (χ1v) is 11.4. The zero-order valence-electron chi connectivity index (χ0n) is 20.6. The molecule has 5 amide bonds. The van der Waals surface area contributed by atoms with Crippen LogP contribution in [0.5, 0.6) is 0 Å². The summed E-state index contributed by atoms with van der Waals surface area (Å²) in [5.74, 6) is -7.87. The van der Waals surface area contributed by atoms with Gasteiger partial charge in [0, 0.05) is 19.4 Å². The highest BCUT2D eigenvalue weighted by molar-refractivity contribution is 5.95. The number of nitrogens with zero attached hydrogens (tertiary/aromatic N) is 1. The molecule has 0 aliphatic heterocycles. The highest BCUT2D eigenvalue weighted by atomic mass is 16.4. The van der Waals surface area contributed by atoms with Crippen molar-refractivity contribution in [2.75, 3.05) is 6.54 Å². The number of carboxylic acids is 2. The van der Waals surface area contributed by atoms with Crippen LogP contribution in [0.3, 0.4) is 0 Å². The predicted octanol–water partition coefficient (Wildman–Crippen LogP) is -5.09. The molecule has 0 radical (unpaired) electrons. The molecule has 0 heterocycles. The number of hydrogen-bond donors (Lipinski definition) is 10. The van der Waals surface area contributed by atoms with E-state index in [1.807, 2.05) is 5.32 Å². The Labute approximate surface area is 217 Å². The molecule has 0 saturated heterocycles. The summed E-state index contributed by atoms with van der Waals surface area (Å²) < 4.78 is 0. The minimum absolute atomic E-state index is 0.124. The average Bonchev–Trinajstić information content (AvgIpc) is 2.80. The number of nitrogens with two attached hydrogens (primary N) is 5. The summed E-state index contributed by atoms with van der Waals surface area (Å²) in [7, 11) is 0. The van der Waals surface area contributed by atoms with Gasteiger partial charge in [-0.2, -0.15) is 0 Å². The van der Waals surface area contributed by atoms with E-state index in [1.54, 1.807) is 0 Å². The molecule has 0 aliphatic rings. The molecule has 38 heavy (non-hydrogen) atoms. The fraction of sp³-hybridized carbons (Fsp3) is 0.600. The fourth-order valence-electron chi connectivity index (χ4n) is 2.96. The minimum atomic E-state index is -1.78. The van der Waals surface area contributed by atoms with E-state index < -0.39 is 72.1 Å². The lowest BCUT2D eigenvalue weighted by Gasteiger charge is -2.24. The molecule has 0 aromatic heterocycles. The number of carbonyl (C=O) groups excluding carboxylic acids is 5. The number of guanidine groups is 1. The second kappa shape index (κ2) is 17.1. The van der Waals surface area contributed by atoms with E-state index in [4.69, 9.17) is 33.8 Å². The summed E-state index contributed by atoms with van der Waals surface area (Å²) in [5, 5.41) is 24.9. The van der Waals surface area contributed by atoms with Crippen LogP contribution < -0.4 is 44.6 Å². The molecule has 0 fully saturated rings. The van der Waals surface area contributed by atoms with Gasteiger partial charge in [-0.25, -0.2) is 4.79 Å². The zero-order valence-corrected chi connectivity index (χ0v) is 20.6. The number of rotatable bonds is 19. The lowest BCUT2D eigenvalue weighted by molar-refractivity contribution is -0.143. The van der Waals surface area contributed by atoms with Gasteiger partial charge in [0.05, 0.1) is 12.5 Å². The Morgan fingerprint density at radius 3 is 1.63 bits per heavy atom. The van der Waals surface area contributed by atoms with Crippen molar-refractivity contribution in [2.24, 2.45) is 33.7 Å². The number of aliphatic carboxylic acids is 2. The number of primary amides is 2. The number of carbonyl (C=O) groups is 7. The Morgan fingerprint density at radius 2 is 1.16 bits per heavy atom. The largest absolute Gasteiger partial charge is 0.481 e. The van der Waals surface area contributed by atoms with Gasteiger partial charge in [0.2, 0.25) is 29.5 Å². The van der Waals surface area contributed by atoms with Crippen LogP contribution in [-0.2, 0) is 33.6 Å². The van der Waals surface area contributed by atoms with Crippen LogP contribution in [0.4, 0.5) is 0 Å². The first kappa shape index (κ1) is 33.5. The lowest BCUT2D eigenvalue weighted by atomic mass is 10.1. The molecule has 18 heteroatoms. The number of hydrogen-bond acceptors (Lipinski definition) is 9. The average molecular weight is 546 g/mol. The van der Waals surface area contributed by atoms with Gasteiger partial charge in [0.25, 0.3) is 0 Å². The third-order valence-electron chi connectivity index (χ3n) is 4.92. The summed E-state index contributed by atoms with van der Waals surface area (Å²) in [6.45, 7) is 0.192. The summed E-state index contributed by atoms with van der Waals surface area (Å²) in [5.41, 5.74) is 26.3. The van der Waals surface area contributed by atoms with Gasteiger partial charge in [-0.3, -0.25) is 33.8 Å². The molecule has 0 aliphatic carbocycles. The fourth-order valence-corrected chi connectivity index (χ4v) is 2.96. The van der Waals surface area contributed by atoms with Crippen molar-refractivity contribution in [3.05, 3.63) is 0 Å². The third-order valence-corrected chi connectivity index (χ3v) is 4.92. The first-order chi connectivity index (χ1) is 17.6. The molecule has 0 bridgehead atoms. The molecule has 0 rings (SSSR count). The number of aliphatic imine (C=N–C) groups is 1. The van der Waals surface area contributed by atoms with Crippen LogP contribution >= 0.6 is 0 Å². The lowest BCUT2D eigenvalue weighted by Crippen LogP contribution is -2.57. The van der Waals surface area contributed by atoms with E-state index in [1.165, 1.54) is 0 Å². The molecule has 0 saturated carbocycles. The first-order valence-electron chi connectivity index (χ1n) is 11.4. The van der Waals surface area contributed by atoms with E-state index in [0.717, 1.165) is 0 Å². The Kier molecular flexibility index (Phi) is 15.0. The molecule has 0 aromatic carbocycles. The van der Waals surface area contributed by atoms with E-state index in [-0.39, 0.29) is 44.6 Å². The molecule has 15 N–H and O–H groups in total. The van der Waals surface area contributed by atoms with Crippen LogP contribution in [0.1, 0.15) is 44.9 Å². The summed E-state index contributed by atoms with van der Waals surface area (Å²) >= 11 is 0. The zero-order chi connectivity index (χ0) is 29.4. The van der Waals surface area contributed by atoms with Gasteiger partial charge >= 0.3 is 11.9 Å². The van der Waals surface area contributed by atoms with Crippen molar-refractivity contribution in [3.63, 3.8) is 0 Å². The van der Waals surface area contributed by atoms with Crippen LogP contribution in [0.2, 0.25) is 0 Å². The van der Waals surface area contributed by atoms with E-state index >= 15 is 0 Å². The molecule has 4 unspecified atom stereocenters. The maximum Gasteiger partial charge on any atom is 0.326 e. The molecule has 4 atom stereocenters. The third kappa shape index (κ3) is 14.8. The van der Waals surface area contributed by atoms with Crippen molar-refractivity contribution in [3.8, 4) is 0 Å². The molecular weight excluding hydrogens is 510 g/mol. The maximum atomic E-state index is 12.9. The highest BCUT2D eigenvalue weighted by Crippen LogP contribution is 2.05. The highest BCUT2D eigenvalue weighted by Gasteiger charge is 2.31. The van der Waals surface area contributed by atoms with Crippen LogP contribution in [0, 0.1) is 0 Å². The normalized spacial score (nSPS) is 13.6. The Hall–Kier alpha value is -4.48. The monoisotopic (exact) mass is 545 g/mol. The van der Waals surface area contributed by atoms with Gasteiger partial charge in [-0.15, -0.1) is 0 Å². The molecule has 0 aromatic rings. The van der Waals surface area contributed by atoms with Crippen molar-refractivity contribution in [2.45, 2.75) is 69.1 Å². The number of carboxylic acid groups (broad SMARTS) is 2. The van der Waals surface area contributed by atoms with Crippen LogP contribution in [0.15, 0.2) is 4.99 Å². The predicted molar refractivity (Wildman–Crippen MR) is 130 cm³/mol. The summed E-state index contributed by atoms with van der Waals surface area (Å²) in [6.07, 6.45) is -1.96. The second-order valence-electron chi connectivity index (χ2n) is 8.18. The Bertz CT molecular complexity index is 922. The summed E-state index contributed by atoms with van der Waals surface area (Å²) in [6, 6.07) is -5.94. The molecule has 214 valence electrons. The van der Waals surface area contributed by atoms with Crippen molar-refractivity contribution in [1.29, 1.82) is 0 Å². The summed E-state index contributed by atoms with van der Waals surface area (Å²) in [4.78, 5) is 86.5. The van der Waals surface area contributed by atoms with Gasteiger partial charge in [-0.1, -0.05) is 0 Å². The van der Waals surface area contributed by atoms with Crippen LogP contribution in [0.25, 0.3) is 0 Å². The Balaban J connectivity index is 5.52. The Morgan fingerprint density at radius 1 is 0.684 bits per heavy atom. The van der Waals surface area contributed by atoms with Crippen LogP contribution in [-0.4, -0.2) is 88.4 Å². The van der Waals surface area contributed by atoms with Gasteiger partial charge in [-0.05, 0) is 25.7 Å². The quantitative estimate of drug-likeness (QED) is 0.0414. The van der Waals surface area contributed by atoms with Gasteiger partial charge in [0.15, 0.2) is 5.96 Å². The minimum Gasteiger partial charge on any atom is -0.481 e. The smallest absolute Gasteiger partial charge is 0.326 e. The number of nitrogens with one attached hydrogen (secondary N) is 3. The molecule has 18 nitrogen and oxygen atoms in total. The van der Waals surface area contributed by atoms with Crippen molar-refractivity contribution >= 4 is 47.4 Å². The van der Waals surface area contributed by atoms with Gasteiger partial charge in [0.1, 0.15) is 18.1 Å². The topological polar surface area (TPSA) is 338 Å². The SMILES string of the molecule is NC(=O)CCC(NC(=O)C(CC(=O)O)NC(=O)C(CCC(N)=O)NC(=O)C(N)CCCN=C(N)N)C(=O)O. The maximum absolute atomic E-state index is 12.9. The van der Waals surface area contributed by atoms with E-state index in [2.05, 4.69) is 15.6 Å². The molecular formula is C20H35N9O9. The molecule has 0 spiro atoms. The standard InChI is InChI=1S/C20H35N9O9/c21-9(2-1-7-26-20(24)25)16(34)27-10(3-5-13(22)30)17(35)29-12(8-15(32)33)18(36)28-11(19(37)38)4-6-14(23)31/h9-12H,1-8,21H2,(H2,22,30)(H2,23,31)(H,27,34)(H,28,36)(H,29,35)(H,32,33)(H,37,38)(H4,24,25,26). The van der Waals surface area contributed by atoms with E-state index in [9.17, 15) is 38.7 Å². The second-order valence-corrected chi connectivity index (χ2v) is 8.18.